The van der Waals surface area contributed by atoms with Gasteiger partial charge in [0.2, 0.25) is 0 Å². The molecule has 0 bridgehead atoms. The van der Waals surface area contributed by atoms with Crippen molar-refractivity contribution in [1.82, 2.24) is 0 Å². The van der Waals surface area contributed by atoms with Crippen LogP contribution in [0.3, 0.4) is 0 Å². The average Bonchev–Trinajstić information content (AvgIpc) is 2.07. The van der Waals surface area contributed by atoms with Crippen molar-refractivity contribution in [2.75, 3.05) is 0 Å². The van der Waals surface area contributed by atoms with E-state index in [-0.39, 0.29) is 0 Å². The van der Waals surface area contributed by atoms with Crippen LogP contribution in [0.4, 0.5) is 0 Å². The molecule has 0 nitrogen and oxygen atoms in total. The molecule has 0 saturated carbocycles. The molecule has 0 fully saturated rings. The number of allylic oxidation sites excluding steroid dienone is 2. The standard InChI is InChI=1S/C8H16.2C2H6/c1-5-6-7-8(2,3)4;2*1-2/h5-6H,7H2,1-4H3;2*1-2H3/b6-5-;;. The summed E-state index contributed by atoms with van der Waals surface area (Å²) in [5.41, 5.74) is 0.465. The number of rotatable bonds is 1. The lowest BCUT2D eigenvalue weighted by atomic mass is 9.92. The molecule has 0 aromatic carbocycles. The zero-order valence-corrected chi connectivity index (χ0v) is 10.4. The fourth-order valence-electron chi connectivity index (χ4n) is 0.471. The van der Waals surface area contributed by atoms with Crippen molar-refractivity contribution in [3.05, 3.63) is 12.2 Å². The van der Waals surface area contributed by atoms with E-state index in [0.29, 0.717) is 5.41 Å². The molecule has 12 heavy (non-hydrogen) atoms. The predicted octanol–water partition coefficient (Wildman–Crippen LogP) is 5.05. The molecule has 0 aromatic rings. The zero-order chi connectivity index (χ0) is 10.6. The Morgan fingerprint density at radius 1 is 0.917 bits per heavy atom. The second-order valence-corrected chi connectivity index (χ2v) is 3.33. The smallest absolute Gasteiger partial charge is 0.0302 e. The van der Waals surface area contributed by atoms with Crippen molar-refractivity contribution >= 4 is 0 Å². The molecular weight excluding hydrogens is 144 g/mol. The first-order valence-electron chi connectivity index (χ1n) is 5.17. The highest BCUT2D eigenvalue weighted by molar-refractivity contribution is 4.82. The molecule has 0 aromatic heterocycles. The molecule has 0 heteroatoms. The highest BCUT2D eigenvalue weighted by Gasteiger charge is 2.05. The topological polar surface area (TPSA) is 0 Å². The second-order valence-electron chi connectivity index (χ2n) is 3.33. The molecule has 0 aliphatic rings. The second kappa shape index (κ2) is 13.3. The van der Waals surface area contributed by atoms with Gasteiger partial charge in [-0.1, -0.05) is 60.6 Å². The van der Waals surface area contributed by atoms with Gasteiger partial charge >= 0.3 is 0 Å². The van der Waals surface area contributed by atoms with Crippen LogP contribution in [0.2, 0.25) is 0 Å². The van der Waals surface area contributed by atoms with E-state index in [0.717, 1.165) is 0 Å². The maximum Gasteiger partial charge on any atom is -0.0302 e. The zero-order valence-electron chi connectivity index (χ0n) is 10.4. The Kier molecular flexibility index (Phi) is 19.7. The van der Waals surface area contributed by atoms with Crippen LogP contribution in [0.25, 0.3) is 0 Å². The minimum absolute atomic E-state index is 0.465. The van der Waals surface area contributed by atoms with Crippen molar-refractivity contribution in [2.24, 2.45) is 5.41 Å². The predicted molar refractivity (Wildman–Crippen MR) is 61.6 cm³/mol. The lowest BCUT2D eigenvalue weighted by molar-refractivity contribution is 0.420. The van der Waals surface area contributed by atoms with Crippen LogP contribution in [0.15, 0.2) is 12.2 Å². The summed E-state index contributed by atoms with van der Waals surface area (Å²) in [5.74, 6) is 0. The summed E-state index contributed by atoms with van der Waals surface area (Å²) >= 11 is 0. The Balaban J connectivity index is -0.000000175. The molecule has 0 radical (unpaired) electrons. The average molecular weight is 172 g/mol. The van der Waals surface area contributed by atoms with E-state index >= 15 is 0 Å². The van der Waals surface area contributed by atoms with Crippen molar-refractivity contribution < 1.29 is 0 Å². The molecule has 0 atom stereocenters. The Morgan fingerprint density at radius 2 is 1.25 bits per heavy atom. The highest BCUT2D eigenvalue weighted by atomic mass is 14.1. The third-order valence-corrected chi connectivity index (χ3v) is 0.966. The van der Waals surface area contributed by atoms with Gasteiger partial charge in [0, 0.05) is 0 Å². The molecule has 0 aliphatic heterocycles. The van der Waals surface area contributed by atoms with Crippen molar-refractivity contribution in [3.63, 3.8) is 0 Å². The number of hydrogen-bond acceptors (Lipinski definition) is 0. The summed E-state index contributed by atoms with van der Waals surface area (Å²) < 4.78 is 0. The third-order valence-electron chi connectivity index (χ3n) is 0.966. The van der Waals surface area contributed by atoms with E-state index in [1.807, 2.05) is 27.7 Å². The molecule has 0 spiro atoms. The minimum Gasteiger partial charge on any atom is -0.0916 e. The van der Waals surface area contributed by atoms with E-state index in [1.165, 1.54) is 6.42 Å². The minimum atomic E-state index is 0.465. The van der Waals surface area contributed by atoms with Crippen LogP contribution < -0.4 is 0 Å². The molecular formula is C12H28. The third kappa shape index (κ3) is 33.1. The summed E-state index contributed by atoms with van der Waals surface area (Å²) in [5, 5.41) is 0. The molecule has 0 unspecified atom stereocenters. The maximum absolute atomic E-state index is 2.24. The van der Waals surface area contributed by atoms with Gasteiger partial charge < -0.3 is 0 Å². The Hall–Kier alpha value is -0.260. The molecule has 0 saturated heterocycles. The van der Waals surface area contributed by atoms with Crippen molar-refractivity contribution in [2.45, 2.75) is 61.8 Å². The van der Waals surface area contributed by atoms with Crippen LogP contribution in [0, 0.1) is 5.41 Å². The summed E-state index contributed by atoms with van der Waals surface area (Å²) in [4.78, 5) is 0. The molecule has 0 rings (SSSR count). The van der Waals surface area contributed by atoms with Crippen LogP contribution in [-0.2, 0) is 0 Å². The van der Waals surface area contributed by atoms with Crippen LogP contribution in [0.1, 0.15) is 61.8 Å². The molecule has 76 valence electrons. The highest BCUT2D eigenvalue weighted by Crippen LogP contribution is 2.18. The summed E-state index contributed by atoms with van der Waals surface area (Å²) in [6.07, 6.45) is 5.49. The van der Waals surface area contributed by atoms with Gasteiger partial charge in [0.15, 0.2) is 0 Å². The van der Waals surface area contributed by atoms with E-state index in [4.69, 9.17) is 0 Å². The van der Waals surface area contributed by atoms with Crippen LogP contribution in [0.5, 0.6) is 0 Å². The van der Waals surface area contributed by atoms with Gasteiger partial charge in [-0.05, 0) is 18.8 Å². The number of hydrogen-bond donors (Lipinski definition) is 0. The Bertz CT molecular complexity index is 72.5. The van der Waals surface area contributed by atoms with Crippen molar-refractivity contribution in [3.8, 4) is 0 Å². The van der Waals surface area contributed by atoms with Gasteiger partial charge in [0.1, 0.15) is 0 Å². The SMILES string of the molecule is C/C=C\CC(C)(C)C.CC.CC. The van der Waals surface area contributed by atoms with Gasteiger partial charge in [-0.3, -0.25) is 0 Å². The quantitative estimate of drug-likeness (QED) is 0.485. The first-order chi connectivity index (χ1) is 5.56. The Labute approximate surface area is 80.1 Å². The fraction of sp³-hybridized carbons (Fsp3) is 0.833. The van der Waals surface area contributed by atoms with Gasteiger partial charge in [-0.15, -0.1) is 0 Å². The van der Waals surface area contributed by atoms with Crippen molar-refractivity contribution in [1.29, 1.82) is 0 Å². The van der Waals surface area contributed by atoms with Gasteiger partial charge in [0.05, 0.1) is 0 Å². The largest absolute Gasteiger partial charge is 0.0916 e. The first-order valence-corrected chi connectivity index (χ1v) is 5.17. The lowest BCUT2D eigenvalue weighted by Crippen LogP contribution is -2.01. The summed E-state index contributed by atoms with van der Waals surface area (Å²) in [6.45, 7) is 16.8. The van der Waals surface area contributed by atoms with Gasteiger partial charge in [-0.2, -0.15) is 0 Å². The molecule has 0 heterocycles. The van der Waals surface area contributed by atoms with E-state index in [9.17, 15) is 0 Å². The van der Waals surface area contributed by atoms with Crippen LogP contribution >= 0.6 is 0 Å². The lowest BCUT2D eigenvalue weighted by Gasteiger charge is -2.13. The van der Waals surface area contributed by atoms with E-state index in [2.05, 4.69) is 39.8 Å². The van der Waals surface area contributed by atoms with Crippen LogP contribution in [-0.4, -0.2) is 0 Å². The summed E-state index contributed by atoms with van der Waals surface area (Å²) in [6, 6.07) is 0. The normalized spacial score (nSPS) is 9.67. The monoisotopic (exact) mass is 172 g/mol. The fourth-order valence-corrected chi connectivity index (χ4v) is 0.471. The molecule has 0 amide bonds. The molecule has 0 aliphatic carbocycles. The Morgan fingerprint density at radius 3 is 1.33 bits per heavy atom. The van der Waals surface area contributed by atoms with Gasteiger partial charge in [-0.25, -0.2) is 0 Å². The van der Waals surface area contributed by atoms with Gasteiger partial charge in [0.25, 0.3) is 0 Å². The first kappa shape index (κ1) is 17.7. The molecule has 0 N–H and O–H groups in total. The maximum atomic E-state index is 2.24. The summed E-state index contributed by atoms with van der Waals surface area (Å²) in [7, 11) is 0. The van der Waals surface area contributed by atoms with E-state index < -0.39 is 0 Å². The van der Waals surface area contributed by atoms with E-state index in [1.54, 1.807) is 0 Å².